The smallest absolute Gasteiger partial charge is 0.396 e. The third-order valence-electron chi connectivity index (χ3n) is 9.29. The number of rotatable bonds is 6. The number of hydrogen-bond acceptors (Lipinski definition) is 3. The van der Waals surface area contributed by atoms with Gasteiger partial charge >= 0.3 is 12.4 Å². The van der Waals surface area contributed by atoms with Crippen LogP contribution in [-0.2, 0) is 9.59 Å². The zero-order valence-corrected chi connectivity index (χ0v) is 21.5. The average molecular weight is 553 g/mol. The zero-order valence-electron chi connectivity index (χ0n) is 21.5. The first-order valence-corrected chi connectivity index (χ1v) is 13.9. The molecule has 216 valence electrons. The Kier molecular flexibility index (Phi) is 9.04. The number of piperidine rings is 1. The van der Waals surface area contributed by atoms with Gasteiger partial charge < -0.3 is 15.3 Å². The van der Waals surface area contributed by atoms with Crippen LogP contribution in [0.5, 0.6) is 0 Å². The van der Waals surface area contributed by atoms with E-state index >= 15 is 0 Å². The van der Waals surface area contributed by atoms with E-state index in [1.54, 1.807) is 0 Å². The Hall–Kier alpha value is -1.78. The summed E-state index contributed by atoms with van der Waals surface area (Å²) >= 11 is 0. The van der Waals surface area contributed by atoms with Crippen LogP contribution in [0.2, 0.25) is 0 Å². The van der Waals surface area contributed by atoms with Crippen LogP contribution >= 0.6 is 0 Å². The highest BCUT2D eigenvalue weighted by molar-refractivity contribution is 5.87. The minimum absolute atomic E-state index is 0.00204. The topological polar surface area (TPSA) is 69.6 Å². The number of alkyl halides is 6. The zero-order chi connectivity index (χ0) is 27.7. The predicted octanol–water partition coefficient (Wildman–Crippen LogP) is 5.53. The molecule has 2 amide bonds. The van der Waals surface area contributed by atoms with Crippen molar-refractivity contribution >= 4 is 11.8 Å². The van der Waals surface area contributed by atoms with Gasteiger partial charge in [0.15, 0.2) is 0 Å². The molecule has 0 bridgehead atoms. The van der Waals surface area contributed by atoms with Gasteiger partial charge in [-0.2, -0.15) is 26.3 Å². The SMILES string of the molecule is O=C(NCC(F)(F)F)[C@@H]1C2CCCCC2C(=O)N(CC2=C(C(F)(F)F)CCCC2)[C@H]1C1CCC(CO)CC1. The van der Waals surface area contributed by atoms with Crippen molar-refractivity contribution in [1.29, 1.82) is 0 Å². The van der Waals surface area contributed by atoms with Crippen molar-refractivity contribution in [3.63, 3.8) is 0 Å². The van der Waals surface area contributed by atoms with Crippen LogP contribution in [0.4, 0.5) is 26.3 Å². The molecule has 0 radical (unpaired) electrons. The highest BCUT2D eigenvalue weighted by Gasteiger charge is 2.54. The molecule has 4 rings (SSSR count). The molecule has 0 aromatic carbocycles. The quantitative estimate of drug-likeness (QED) is 0.336. The summed E-state index contributed by atoms with van der Waals surface area (Å²) in [6, 6.07) is -0.765. The molecular formula is C27H38F6N2O3. The summed E-state index contributed by atoms with van der Waals surface area (Å²) < 4.78 is 80.8. The maximum absolute atomic E-state index is 13.9. The van der Waals surface area contributed by atoms with Crippen LogP contribution in [0.3, 0.4) is 0 Å². The van der Waals surface area contributed by atoms with Gasteiger partial charge in [-0.25, -0.2) is 0 Å². The van der Waals surface area contributed by atoms with Gasteiger partial charge in [-0.15, -0.1) is 0 Å². The van der Waals surface area contributed by atoms with Crippen molar-refractivity contribution in [2.45, 2.75) is 95.4 Å². The minimum Gasteiger partial charge on any atom is -0.396 e. The Morgan fingerprint density at radius 1 is 0.921 bits per heavy atom. The molecule has 0 aromatic rings. The number of carbonyl (C=O) groups excluding carboxylic acids is 2. The highest BCUT2D eigenvalue weighted by atomic mass is 19.4. The number of amides is 2. The van der Waals surface area contributed by atoms with E-state index in [0.717, 1.165) is 12.8 Å². The first-order valence-electron chi connectivity index (χ1n) is 13.9. The monoisotopic (exact) mass is 552 g/mol. The molecule has 1 aliphatic heterocycles. The van der Waals surface area contributed by atoms with E-state index in [4.69, 9.17) is 0 Å². The molecule has 0 aromatic heterocycles. The summed E-state index contributed by atoms with van der Waals surface area (Å²) in [6.07, 6.45) is -3.12. The molecule has 4 atom stereocenters. The van der Waals surface area contributed by atoms with Gasteiger partial charge in [-0.3, -0.25) is 9.59 Å². The summed E-state index contributed by atoms with van der Waals surface area (Å²) in [6.45, 7) is -1.71. The maximum Gasteiger partial charge on any atom is 0.412 e. The number of aliphatic hydroxyl groups is 1. The summed E-state index contributed by atoms with van der Waals surface area (Å²) in [4.78, 5) is 28.8. The van der Waals surface area contributed by atoms with E-state index in [-0.39, 0.29) is 49.3 Å². The van der Waals surface area contributed by atoms with E-state index in [9.17, 15) is 41.0 Å². The molecule has 0 spiro atoms. The van der Waals surface area contributed by atoms with Crippen LogP contribution < -0.4 is 5.32 Å². The van der Waals surface area contributed by atoms with E-state index in [0.29, 0.717) is 51.4 Å². The Morgan fingerprint density at radius 3 is 2.21 bits per heavy atom. The van der Waals surface area contributed by atoms with Gasteiger partial charge in [-0.05, 0) is 87.5 Å². The molecule has 4 aliphatic rings. The van der Waals surface area contributed by atoms with Crippen molar-refractivity contribution in [1.82, 2.24) is 10.2 Å². The van der Waals surface area contributed by atoms with E-state index in [2.05, 4.69) is 5.32 Å². The highest BCUT2D eigenvalue weighted by Crippen LogP contribution is 2.49. The third-order valence-corrected chi connectivity index (χ3v) is 9.29. The molecule has 5 nitrogen and oxygen atoms in total. The van der Waals surface area contributed by atoms with Crippen LogP contribution in [0.15, 0.2) is 11.1 Å². The fourth-order valence-electron chi connectivity index (χ4n) is 7.49. The molecular weight excluding hydrogens is 514 g/mol. The maximum atomic E-state index is 13.9. The Morgan fingerprint density at radius 2 is 1.58 bits per heavy atom. The number of halogens is 6. The largest absolute Gasteiger partial charge is 0.412 e. The van der Waals surface area contributed by atoms with Crippen molar-refractivity contribution in [2.24, 2.45) is 29.6 Å². The van der Waals surface area contributed by atoms with Crippen molar-refractivity contribution in [3.05, 3.63) is 11.1 Å². The van der Waals surface area contributed by atoms with Gasteiger partial charge in [0, 0.05) is 30.7 Å². The molecule has 1 heterocycles. The first-order chi connectivity index (χ1) is 17.9. The molecule has 2 unspecified atom stereocenters. The molecule has 2 N–H and O–H groups in total. The van der Waals surface area contributed by atoms with Gasteiger partial charge in [0.25, 0.3) is 0 Å². The number of fused-ring (bicyclic) bond motifs is 1. The van der Waals surface area contributed by atoms with Gasteiger partial charge in [0.2, 0.25) is 11.8 Å². The Labute approximate surface area is 219 Å². The van der Waals surface area contributed by atoms with E-state index < -0.39 is 54.2 Å². The summed E-state index contributed by atoms with van der Waals surface area (Å²) in [5.41, 5.74) is -0.446. The molecule has 11 heteroatoms. The predicted molar refractivity (Wildman–Crippen MR) is 128 cm³/mol. The Bertz CT molecular complexity index is 894. The van der Waals surface area contributed by atoms with Crippen molar-refractivity contribution in [2.75, 3.05) is 19.7 Å². The van der Waals surface area contributed by atoms with Crippen LogP contribution in [0, 0.1) is 29.6 Å². The first kappa shape index (κ1) is 29.2. The van der Waals surface area contributed by atoms with Crippen LogP contribution in [0.25, 0.3) is 0 Å². The lowest BCUT2D eigenvalue weighted by molar-refractivity contribution is -0.163. The number of allylic oxidation sites excluding steroid dienone is 1. The number of nitrogens with one attached hydrogen (secondary N) is 1. The lowest BCUT2D eigenvalue weighted by Gasteiger charge is -2.53. The average Bonchev–Trinajstić information content (AvgIpc) is 2.88. The van der Waals surface area contributed by atoms with Crippen molar-refractivity contribution < 1.29 is 41.0 Å². The van der Waals surface area contributed by atoms with Gasteiger partial charge in [-0.1, -0.05) is 12.8 Å². The normalized spacial score (nSPS) is 33.2. The number of aliphatic hydroxyl groups excluding tert-OH is 1. The molecule has 3 fully saturated rings. The third kappa shape index (κ3) is 6.50. The second-order valence-corrected chi connectivity index (χ2v) is 11.6. The summed E-state index contributed by atoms with van der Waals surface area (Å²) in [5.74, 6) is -3.10. The van der Waals surface area contributed by atoms with Crippen LogP contribution in [-0.4, -0.2) is 59.9 Å². The second kappa shape index (κ2) is 11.8. The lowest BCUT2D eigenvalue weighted by Crippen LogP contribution is -2.64. The summed E-state index contributed by atoms with van der Waals surface area (Å²) in [5, 5.41) is 11.6. The fourth-order valence-corrected chi connectivity index (χ4v) is 7.49. The van der Waals surface area contributed by atoms with Gasteiger partial charge in [0.1, 0.15) is 6.54 Å². The minimum atomic E-state index is -4.60. The second-order valence-electron chi connectivity index (χ2n) is 11.6. The lowest BCUT2D eigenvalue weighted by atomic mass is 9.61. The number of likely N-dealkylation sites (tertiary alicyclic amines) is 1. The van der Waals surface area contributed by atoms with E-state index in [1.807, 2.05) is 0 Å². The molecule has 1 saturated heterocycles. The van der Waals surface area contributed by atoms with Crippen LogP contribution in [0.1, 0.15) is 77.0 Å². The van der Waals surface area contributed by atoms with E-state index in [1.165, 1.54) is 4.90 Å². The number of carbonyl (C=O) groups is 2. The number of hydrogen-bond donors (Lipinski definition) is 2. The Balaban J connectivity index is 1.73. The molecule has 3 aliphatic carbocycles. The van der Waals surface area contributed by atoms with Crippen molar-refractivity contribution in [3.8, 4) is 0 Å². The summed E-state index contributed by atoms with van der Waals surface area (Å²) in [7, 11) is 0. The van der Waals surface area contributed by atoms with Gasteiger partial charge in [0.05, 0.1) is 5.92 Å². The number of nitrogens with zero attached hydrogens (tertiary/aromatic N) is 1. The standard InChI is InChI=1S/C27H38F6N2O3/c28-26(29,30)15-34-24(37)22-19-6-2-3-7-20(19)25(38)35(23(22)17-11-9-16(14-36)10-12-17)13-18-5-1-4-8-21(18)27(31,32)33/h16-17,19-20,22-23,36H,1-15H2,(H,34,37)/t16?,17?,19?,20?,22-,23+/m1/s1. The molecule has 2 saturated carbocycles. The fraction of sp³-hybridized carbons (Fsp3) is 0.852. The molecule has 38 heavy (non-hydrogen) atoms.